The van der Waals surface area contributed by atoms with Crippen molar-refractivity contribution in [3.8, 4) is 0 Å². The Balaban J connectivity index is 2.37. The van der Waals surface area contributed by atoms with Crippen molar-refractivity contribution in [1.82, 2.24) is 14.5 Å². The highest BCUT2D eigenvalue weighted by atomic mass is 32.1. The molecule has 0 atom stereocenters. The van der Waals surface area contributed by atoms with Gasteiger partial charge in [-0.3, -0.25) is 4.98 Å². The lowest BCUT2D eigenvalue weighted by Gasteiger charge is -2.08. The van der Waals surface area contributed by atoms with Crippen molar-refractivity contribution in [3.63, 3.8) is 0 Å². The minimum atomic E-state index is -0.0214. The topological polar surface area (TPSA) is 53.8 Å². The normalized spacial score (nSPS) is 10.6. The van der Waals surface area contributed by atoms with Crippen LogP contribution in [-0.2, 0) is 13.2 Å². The molecule has 2 rings (SSSR count). The van der Waals surface area contributed by atoms with E-state index in [1.54, 1.807) is 12.4 Å². The molecule has 0 aliphatic carbocycles. The number of rotatable bonds is 3. The third-order valence-corrected chi connectivity index (χ3v) is 2.93. The van der Waals surface area contributed by atoms with Crippen LogP contribution in [0, 0.1) is 11.7 Å². The molecule has 2 N–H and O–H groups in total. The Bertz CT molecular complexity index is 544. The molecule has 4 nitrogen and oxygen atoms in total. The van der Waals surface area contributed by atoms with E-state index in [0.717, 1.165) is 11.3 Å². The van der Waals surface area contributed by atoms with Crippen LogP contribution in [0.4, 0.5) is 0 Å². The van der Waals surface area contributed by atoms with Crippen LogP contribution < -0.4 is 0 Å². The average molecular weight is 235 g/mol. The molecule has 0 fully saturated rings. The van der Waals surface area contributed by atoms with Crippen LogP contribution in [0.3, 0.4) is 0 Å². The minimum absolute atomic E-state index is 0.0214. The molecule has 2 aromatic rings. The number of hydrogen-bond donors (Lipinski definition) is 2. The molecule has 0 radical (unpaired) electrons. The van der Waals surface area contributed by atoms with Crippen LogP contribution in [-0.4, -0.2) is 19.6 Å². The summed E-state index contributed by atoms with van der Waals surface area (Å²) in [6, 6.07) is 1.96. The third-order valence-electron chi connectivity index (χ3n) is 2.59. The monoisotopic (exact) mass is 235 g/mol. The van der Waals surface area contributed by atoms with Crippen LogP contribution in [0.15, 0.2) is 24.7 Å². The first kappa shape index (κ1) is 11.0. The number of H-pyrrole nitrogens is 1. The Hall–Kier alpha value is -1.46. The number of imidazole rings is 1. The number of aliphatic hydroxyl groups excluding tert-OH is 1. The second-order valence-electron chi connectivity index (χ2n) is 3.63. The molecular formula is C11H13N3OS. The number of aryl methyl sites for hydroxylation is 1. The molecule has 0 spiro atoms. The summed E-state index contributed by atoms with van der Waals surface area (Å²) in [5, 5.41) is 9.18. The second-order valence-corrected chi connectivity index (χ2v) is 4.02. The average Bonchev–Trinajstić information content (AvgIpc) is 2.63. The van der Waals surface area contributed by atoms with E-state index in [4.69, 9.17) is 12.2 Å². The van der Waals surface area contributed by atoms with Gasteiger partial charge in [-0.1, -0.05) is 0 Å². The van der Waals surface area contributed by atoms with Crippen molar-refractivity contribution in [2.24, 2.45) is 0 Å². The first-order valence-electron chi connectivity index (χ1n) is 5.00. The van der Waals surface area contributed by atoms with Gasteiger partial charge < -0.3 is 14.7 Å². The Morgan fingerprint density at radius 1 is 1.56 bits per heavy atom. The van der Waals surface area contributed by atoms with Crippen LogP contribution in [0.5, 0.6) is 0 Å². The smallest absolute Gasteiger partial charge is 0.177 e. The van der Waals surface area contributed by atoms with Crippen LogP contribution >= 0.6 is 12.2 Å². The summed E-state index contributed by atoms with van der Waals surface area (Å²) in [6.45, 7) is 2.65. The highest BCUT2D eigenvalue weighted by Crippen LogP contribution is 2.10. The summed E-state index contributed by atoms with van der Waals surface area (Å²) in [6.07, 6.45) is 5.32. The Kier molecular flexibility index (Phi) is 3.17. The van der Waals surface area contributed by atoms with E-state index in [1.165, 1.54) is 5.56 Å². The van der Waals surface area contributed by atoms with E-state index in [-0.39, 0.29) is 6.61 Å². The molecule has 0 bridgehead atoms. The van der Waals surface area contributed by atoms with Crippen molar-refractivity contribution in [3.05, 3.63) is 46.2 Å². The first-order valence-corrected chi connectivity index (χ1v) is 5.40. The van der Waals surface area contributed by atoms with Gasteiger partial charge >= 0.3 is 0 Å². The minimum Gasteiger partial charge on any atom is -0.390 e. The van der Waals surface area contributed by atoms with E-state index >= 15 is 0 Å². The lowest BCUT2D eigenvalue weighted by atomic mass is 10.1. The quantitative estimate of drug-likeness (QED) is 0.797. The Morgan fingerprint density at radius 2 is 2.38 bits per heavy atom. The zero-order valence-electron chi connectivity index (χ0n) is 8.97. The summed E-state index contributed by atoms with van der Waals surface area (Å²) >= 11 is 5.16. The fourth-order valence-corrected chi connectivity index (χ4v) is 1.81. The second kappa shape index (κ2) is 4.59. The summed E-state index contributed by atoms with van der Waals surface area (Å²) in [5.41, 5.74) is 3.06. The molecule has 2 aromatic heterocycles. The first-order chi connectivity index (χ1) is 7.72. The van der Waals surface area contributed by atoms with E-state index < -0.39 is 0 Å². The number of aliphatic hydroxyl groups is 1. The summed E-state index contributed by atoms with van der Waals surface area (Å²) < 4.78 is 2.49. The van der Waals surface area contributed by atoms with Crippen LogP contribution in [0.25, 0.3) is 0 Å². The number of pyridine rings is 1. The Morgan fingerprint density at radius 3 is 3.06 bits per heavy atom. The molecule has 0 amide bonds. The molecule has 0 saturated carbocycles. The maximum absolute atomic E-state index is 9.18. The molecular weight excluding hydrogens is 222 g/mol. The van der Waals surface area contributed by atoms with Crippen LogP contribution in [0.1, 0.15) is 16.8 Å². The number of aromatic amines is 1. The highest BCUT2D eigenvalue weighted by molar-refractivity contribution is 7.71. The van der Waals surface area contributed by atoms with Gasteiger partial charge in [-0.2, -0.15) is 0 Å². The molecule has 0 aliphatic heterocycles. The number of nitrogens with one attached hydrogen (secondary N) is 1. The molecule has 0 saturated heterocycles. The van der Waals surface area contributed by atoms with Crippen molar-refractivity contribution in [1.29, 1.82) is 0 Å². The lowest BCUT2D eigenvalue weighted by molar-refractivity contribution is 0.271. The van der Waals surface area contributed by atoms with Gasteiger partial charge in [-0.05, 0) is 36.3 Å². The molecule has 2 heterocycles. The maximum Gasteiger partial charge on any atom is 0.177 e. The summed E-state index contributed by atoms with van der Waals surface area (Å²) in [7, 11) is 0. The van der Waals surface area contributed by atoms with E-state index in [2.05, 4.69) is 9.97 Å². The van der Waals surface area contributed by atoms with Crippen LogP contribution in [0.2, 0.25) is 0 Å². The van der Waals surface area contributed by atoms with Gasteiger partial charge in [-0.15, -0.1) is 0 Å². The lowest BCUT2D eigenvalue weighted by Crippen LogP contribution is -2.06. The molecule has 84 valence electrons. The number of nitrogens with zero attached hydrogens (tertiary/aromatic N) is 2. The van der Waals surface area contributed by atoms with Crippen molar-refractivity contribution in [2.45, 2.75) is 20.1 Å². The fraction of sp³-hybridized carbons (Fsp3) is 0.273. The van der Waals surface area contributed by atoms with E-state index in [1.807, 2.05) is 23.8 Å². The number of aromatic nitrogens is 3. The number of hydrogen-bond acceptors (Lipinski definition) is 3. The summed E-state index contributed by atoms with van der Waals surface area (Å²) in [5.74, 6) is 0. The molecule has 0 aliphatic rings. The van der Waals surface area contributed by atoms with Gasteiger partial charge in [0.2, 0.25) is 0 Å². The van der Waals surface area contributed by atoms with Gasteiger partial charge in [0.1, 0.15) is 0 Å². The maximum atomic E-state index is 9.18. The van der Waals surface area contributed by atoms with Gasteiger partial charge in [0.05, 0.1) is 18.8 Å². The zero-order chi connectivity index (χ0) is 11.5. The zero-order valence-corrected chi connectivity index (χ0v) is 9.79. The summed E-state index contributed by atoms with van der Waals surface area (Å²) in [4.78, 5) is 7.02. The van der Waals surface area contributed by atoms with Crippen molar-refractivity contribution >= 4 is 12.2 Å². The van der Waals surface area contributed by atoms with Gasteiger partial charge in [-0.25, -0.2) is 0 Å². The van der Waals surface area contributed by atoms with E-state index in [9.17, 15) is 5.11 Å². The predicted octanol–water partition coefficient (Wildman–Crippen LogP) is 1.79. The van der Waals surface area contributed by atoms with Gasteiger partial charge in [0.15, 0.2) is 4.77 Å². The predicted molar refractivity (Wildman–Crippen MR) is 63.6 cm³/mol. The van der Waals surface area contributed by atoms with Crippen molar-refractivity contribution in [2.75, 3.05) is 0 Å². The Labute approximate surface area is 98.6 Å². The molecule has 16 heavy (non-hydrogen) atoms. The molecule has 5 heteroatoms. The molecule has 0 aromatic carbocycles. The highest BCUT2D eigenvalue weighted by Gasteiger charge is 2.05. The standard InChI is InChI=1S/C11H13N3OS/c1-8-2-3-12-4-9(8)6-14-10(7-15)5-13-11(14)16/h2-5,15H,6-7H2,1H3,(H,13,16). The SMILES string of the molecule is Cc1ccncc1Cn1c(CO)c[nH]c1=S. The largest absolute Gasteiger partial charge is 0.390 e. The van der Waals surface area contributed by atoms with Gasteiger partial charge in [0.25, 0.3) is 0 Å². The van der Waals surface area contributed by atoms with Gasteiger partial charge in [0, 0.05) is 18.6 Å². The van der Waals surface area contributed by atoms with E-state index in [0.29, 0.717) is 11.3 Å². The third kappa shape index (κ3) is 2.05. The molecule has 0 unspecified atom stereocenters. The fourth-order valence-electron chi connectivity index (χ4n) is 1.57. The van der Waals surface area contributed by atoms with Crippen molar-refractivity contribution < 1.29 is 5.11 Å².